The maximum absolute atomic E-state index is 6.18. The average molecular weight is 297 g/mol. The molecule has 1 aromatic heterocycles. The molecule has 3 nitrogen and oxygen atoms in total. The van der Waals surface area contributed by atoms with Crippen LogP contribution in [-0.2, 0) is 6.54 Å². The summed E-state index contributed by atoms with van der Waals surface area (Å²) in [7, 11) is 0. The van der Waals surface area contributed by atoms with Crippen LogP contribution in [0.3, 0.4) is 0 Å². The number of aryl methyl sites for hydroxylation is 2. The van der Waals surface area contributed by atoms with E-state index < -0.39 is 0 Å². The third-order valence-electron chi connectivity index (χ3n) is 2.78. The number of ether oxygens (including phenoxy) is 1. The third kappa shape index (κ3) is 3.00. The molecule has 0 bridgehead atoms. The van der Waals surface area contributed by atoms with E-state index >= 15 is 0 Å². The first-order valence-electron chi connectivity index (χ1n) is 5.81. The second kappa shape index (κ2) is 5.78. The molecular formula is C14H14Cl2N2O. The van der Waals surface area contributed by atoms with Crippen molar-refractivity contribution in [2.75, 3.05) is 0 Å². The van der Waals surface area contributed by atoms with E-state index in [2.05, 4.69) is 4.98 Å². The van der Waals surface area contributed by atoms with Gasteiger partial charge in [-0.05, 0) is 48.7 Å². The van der Waals surface area contributed by atoms with Crippen LogP contribution >= 0.6 is 23.2 Å². The zero-order valence-electron chi connectivity index (χ0n) is 10.7. The van der Waals surface area contributed by atoms with E-state index in [-0.39, 0.29) is 0 Å². The summed E-state index contributed by atoms with van der Waals surface area (Å²) in [4.78, 5) is 4.12. The van der Waals surface area contributed by atoms with Crippen molar-refractivity contribution in [2.24, 2.45) is 5.73 Å². The minimum Gasteiger partial charge on any atom is -0.438 e. The van der Waals surface area contributed by atoms with Gasteiger partial charge in [0.05, 0.1) is 0 Å². The van der Waals surface area contributed by atoms with Gasteiger partial charge in [-0.15, -0.1) is 0 Å². The van der Waals surface area contributed by atoms with Gasteiger partial charge in [0.2, 0.25) is 5.88 Å². The first kappa shape index (κ1) is 14.1. The Bertz CT molecular complexity index is 591. The SMILES string of the molecule is Cc1cc(Oc2nccc(CN)c2Cl)cc(C)c1Cl. The molecule has 0 unspecified atom stereocenters. The van der Waals surface area contributed by atoms with Crippen LogP contribution in [0.5, 0.6) is 11.6 Å². The molecule has 0 aliphatic rings. The van der Waals surface area contributed by atoms with Crippen molar-refractivity contribution in [1.82, 2.24) is 4.98 Å². The Kier molecular flexibility index (Phi) is 4.30. The van der Waals surface area contributed by atoms with Crippen LogP contribution in [-0.4, -0.2) is 4.98 Å². The number of nitrogens with zero attached hydrogens (tertiary/aromatic N) is 1. The summed E-state index contributed by atoms with van der Waals surface area (Å²) in [5.74, 6) is 1.01. The normalized spacial score (nSPS) is 10.6. The topological polar surface area (TPSA) is 48.1 Å². The molecule has 0 spiro atoms. The number of halogens is 2. The lowest BCUT2D eigenvalue weighted by molar-refractivity contribution is 0.461. The van der Waals surface area contributed by atoms with E-state index in [4.69, 9.17) is 33.7 Å². The van der Waals surface area contributed by atoms with Crippen LogP contribution in [0.2, 0.25) is 10.0 Å². The van der Waals surface area contributed by atoms with Gasteiger partial charge >= 0.3 is 0 Å². The molecule has 0 fully saturated rings. The average Bonchev–Trinajstić information content (AvgIpc) is 2.38. The molecule has 2 rings (SSSR count). The van der Waals surface area contributed by atoms with E-state index in [1.807, 2.05) is 26.0 Å². The second-order valence-electron chi connectivity index (χ2n) is 4.27. The van der Waals surface area contributed by atoms with E-state index in [0.29, 0.717) is 23.2 Å². The minimum atomic E-state index is 0.344. The Balaban J connectivity index is 2.36. The Labute approximate surface area is 122 Å². The van der Waals surface area contributed by atoms with Crippen LogP contribution in [0.25, 0.3) is 0 Å². The number of nitrogens with two attached hydrogens (primary N) is 1. The van der Waals surface area contributed by atoms with E-state index in [9.17, 15) is 0 Å². The number of hydrogen-bond acceptors (Lipinski definition) is 3. The van der Waals surface area contributed by atoms with Gasteiger partial charge in [0.15, 0.2) is 0 Å². The molecule has 0 amide bonds. The molecule has 0 radical (unpaired) electrons. The summed E-state index contributed by atoms with van der Waals surface area (Å²) in [5.41, 5.74) is 8.29. The molecule has 1 heterocycles. The summed E-state index contributed by atoms with van der Waals surface area (Å²) < 4.78 is 5.71. The largest absolute Gasteiger partial charge is 0.438 e. The van der Waals surface area contributed by atoms with Crippen molar-refractivity contribution in [2.45, 2.75) is 20.4 Å². The highest BCUT2D eigenvalue weighted by atomic mass is 35.5. The van der Waals surface area contributed by atoms with E-state index in [1.165, 1.54) is 0 Å². The molecule has 2 N–H and O–H groups in total. The van der Waals surface area contributed by atoms with Gasteiger partial charge in [0.1, 0.15) is 10.8 Å². The minimum absolute atomic E-state index is 0.344. The summed E-state index contributed by atoms with van der Waals surface area (Å²) in [6, 6.07) is 5.47. The Morgan fingerprint density at radius 1 is 1.16 bits per heavy atom. The highest BCUT2D eigenvalue weighted by Gasteiger charge is 2.10. The lowest BCUT2D eigenvalue weighted by Gasteiger charge is -2.11. The molecule has 2 aromatic rings. The lowest BCUT2D eigenvalue weighted by Crippen LogP contribution is -1.99. The van der Waals surface area contributed by atoms with Crippen molar-refractivity contribution in [3.8, 4) is 11.6 Å². The number of pyridine rings is 1. The van der Waals surface area contributed by atoms with Crippen molar-refractivity contribution < 1.29 is 4.74 Å². The van der Waals surface area contributed by atoms with Crippen molar-refractivity contribution in [3.63, 3.8) is 0 Å². The fourth-order valence-corrected chi connectivity index (χ4v) is 2.10. The van der Waals surface area contributed by atoms with Crippen LogP contribution in [0.4, 0.5) is 0 Å². The molecule has 0 atom stereocenters. The number of benzene rings is 1. The first-order chi connectivity index (χ1) is 9.02. The van der Waals surface area contributed by atoms with Gasteiger partial charge in [-0.2, -0.15) is 0 Å². The lowest BCUT2D eigenvalue weighted by atomic mass is 10.1. The number of aromatic nitrogens is 1. The van der Waals surface area contributed by atoms with Crippen LogP contribution < -0.4 is 10.5 Å². The van der Waals surface area contributed by atoms with E-state index in [1.54, 1.807) is 12.3 Å². The zero-order valence-corrected chi connectivity index (χ0v) is 12.2. The van der Waals surface area contributed by atoms with E-state index in [0.717, 1.165) is 21.7 Å². The van der Waals surface area contributed by atoms with Crippen molar-refractivity contribution >= 4 is 23.2 Å². The molecule has 0 saturated carbocycles. The van der Waals surface area contributed by atoms with Gasteiger partial charge in [-0.25, -0.2) is 4.98 Å². The Morgan fingerprint density at radius 3 is 2.37 bits per heavy atom. The molecule has 100 valence electrons. The smallest absolute Gasteiger partial charge is 0.238 e. The molecule has 0 aliphatic heterocycles. The molecule has 19 heavy (non-hydrogen) atoms. The van der Waals surface area contributed by atoms with Crippen LogP contribution in [0, 0.1) is 13.8 Å². The fourth-order valence-electron chi connectivity index (χ4n) is 1.77. The predicted molar refractivity (Wildman–Crippen MR) is 78.1 cm³/mol. The van der Waals surface area contributed by atoms with Crippen molar-refractivity contribution in [1.29, 1.82) is 0 Å². The summed E-state index contributed by atoms with van der Waals surface area (Å²) in [6.45, 7) is 4.19. The Hall–Kier alpha value is -1.29. The molecule has 0 saturated heterocycles. The fraction of sp³-hybridized carbons (Fsp3) is 0.214. The number of hydrogen-bond donors (Lipinski definition) is 1. The molecule has 1 aromatic carbocycles. The highest BCUT2D eigenvalue weighted by molar-refractivity contribution is 6.32. The Morgan fingerprint density at radius 2 is 1.79 bits per heavy atom. The van der Waals surface area contributed by atoms with Gasteiger partial charge in [0.25, 0.3) is 0 Å². The molecular weight excluding hydrogens is 283 g/mol. The van der Waals surface area contributed by atoms with Crippen LogP contribution in [0.1, 0.15) is 16.7 Å². The quantitative estimate of drug-likeness (QED) is 0.921. The standard InChI is InChI=1S/C14H14Cl2N2O/c1-8-5-11(6-9(2)12(8)15)19-14-13(16)10(7-17)3-4-18-14/h3-6H,7,17H2,1-2H3. The summed E-state index contributed by atoms with van der Waals surface area (Å²) in [5, 5.41) is 1.18. The molecule has 0 aliphatic carbocycles. The van der Waals surface area contributed by atoms with Gasteiger partial charge in [0, 0.05) is 17.8 Å². The number of rotatable bonds is 3. The summed E-state index contributed by atoms with van der Waals surface area (Å²) in [6.07, 6.45) is 1.62. The highest BCUT2D eigenvalue weighted by Crippen LogP contribution is 2.32. The zero-order chi connectivity index (χ0) is 14.0. The van der Waals surface area contributed by atoms with Gasteiger partial charge in [-0.3, -0.25) is 0 Å². The van der Waals surface area contributed by atoms with Crippen LogP contribution in [0.15, 0.2) is 24.4 Å². The second-order valence-corrected chi connectivity index (χ2v) is 5.02. The molecule has 5 heteroatoms. The van der Waals surface area contributed by atoms with Gasteiger partial charge in [-0.1, -0.05) is 23.2 Å². The monoisotopic (exact) mass is 296 g/mol. The first-order valence-corrected chi connectivity index (χ1v) is 6.56. The van der Waals surface area contributed by atoms with Crippen molar-refractivity contribution in [3.05, 3.63) is 51.1 Å². The van der Waals surface area contributed by atoms with Gasteiger partial charge < -0.3 is 10.5 Å². The summed E-state index contributed by atoms with van der Waals surface area (Å²) >= 11 is 12.3. The maximum Gasteiger partial charge on any atom is 0.238 e. The maximum atomic E-state index is 6.18. The predicted octanol–water partition coefficient (Wildman–Crippen LogP) is 4.26. The third-order valence-corrected chi connectivity index (χ3v) is 3.78.